The van der Waals surface area contributed by atoms with Gasteiger partial charge in [0, 0.05) is 10.3 Å². The number of thiophene rings is 1. The van der Waals surface area contributed by atoms with Crippen LogP contribution in [0.4, 0.5) is 5.13 Å². The Balaban J connectivity index is 1.64. The molecule has 0 atom stereocenters. The molecule has 0 saturated heterocycles. The van der Waals surface area contributed by atoms with Gasteiger partial charge in [-0.25, -0.2) is 4.98 Å². The van der Waals surface area contributed by atoms with Crippen LogP contribution in [0.3, 0.4) is 0 Å². The number of hydrogen-bond donors (Lipinski definition) is 1. The third kappa shape index (κ3) is 3.61. The molecule has 5 heteroatoms. The van der Waals surface area contributed by atoms with Crippen LogP contribution in [0.15, 0.2) is 41.8 Å². The van der Waals surface area contributed by atoms with Gasteiger partial charge >= 0.3 is 0 Å². The number of anilines is 1. The molecular weight excluding hydrogens is 312 g/mol. The minimum atomic E-state index is -0.0351. The summed E-state index contributed by atoms with van der Waals surface area (Å²) in [6.45, 7) is 4.11. The predicted octanol–water partition coefficient (Wildman–Crippen LogP) is 4.67. The van der Waals surface area contributed by atoms with Gasteiger partial charge in [-0.1, -0.05) is 29.8 Å². The van der Waals surface area contributed by atoms with E-state index in [2.05, 4.69) is 29.4 Å². The zero-order chi connectivity index (χ0) is 15.5. The minimum Gasteiger partial charge on any atom is -0.302 e. The third-order valence-corrected chi connectivity index (χ3v) is 5.01. The van der Waals surface area contributed by atoms with Gasteiger partial charge in [0.15, 0.2) is 5.13 Å². The molecule has 112 valence electrons. The van der Waals surface area contributed by atoms with Gasteiger partial charge < -0.3 is 5.32 Å². The van der Waals surface area contributed by atoms with E-state index >= 15 is 0 Å². The number of amides is 1. The second kappa shape index (κ2) is 6.42. The quantitative estimate of drug-likeness (QED) is 0.756. The van der Waals surface area contributed by atoms with E-state index < -0.39 is 0 Å². The van der Waals surface area contributed by atoms with Crippen LogP contribution in [0.25, 0.3) is 10.6 Å². The van der Waals surface area contributed by atoms with Crippen molar-refractivity contribution >= 4 is 33.7 Å². The molecule has 3 rings (SSSR count). The zero-order valence-corrected chi connectivity index (χ0v) is 14.1. The number of nitrogens with one attached hydrogen (secondary N) is 1. The first kappa shape index (κ1) is 14.9. The third-order valence-electron chi connectivity index (χ3n) is 3.23. The summed E-state index contributed by atoms with van der Waals surface area (Å²) in [5.41, 5.74) is 3.13. The SMILES string of the molecule is Cc1ccc(CC(=O)Nc2nc(-c3ccc(C)s3)cs2)cc1. The van der Waals surface area contributed by atoms with Gasteiger partial charge in [0.25, 0.3) is 0 Å². The fourth-order valence-corrected chi connectivity index (χ4v) is 3.70. The molecule has 0 aliphatic rings. The van der Waals surface area contributed by atoms with Crippen LogP contribution in [0.5, 0.6) is 0 Å². The number of hydrogen-bond acceptors (Lipinski definition) is 4. The number of benzene rings is 1. The van der Waals surface area contributed by atoms with Crippen molar-refractivity contribution in [3.63, 3.8) is 0 Å². The number of carbonyl (C=O) groups is 1. The van der Waals surface area contributed by atoms with E-state index in [-0.39, 0.29) is 5.91 Å². The van der Waals surface area contributed by atoms with Crippen LogP contribution >= 0.6 is 22.7 Å². The lowest BCUT2D eigenvalue weighted by Crippen LogP contribution is -2.14. The molecule has 1 N–H and O–H groups in total. The smallest absolute Gasteiger partial charge is 0.230 e. The van der Waals surface area contributed by atoms with Gasteiger partial charge in [0.2, 0.25) is 5.91 Å². The van der Waals surface area contributed by atoms with Crippen molar-refractivity contribution in [1.82, 2.24) is 4.98 Å². The van der Waals surface area contributed by atoms with Gasteiger partial charge in [-0.2, -0.15) is 0 Å². The van der Waals surface area contributed by atoms with E-state index in [1.807, 2.05) is 36.6 Å². The first-order valence-electron chi connectivity index (χ1n) is 6.98. The molecule has 2 heterocycles. The molecule has 3 nitrogen and oxygen atoms in total. The van der Waals surface area contributed by atoms with E-state index in [0.717, 1.165) is 16.1 Å². The van der Waals surface area contributed by atoms with Crippen molar-refractivity contribution in [3.05, 3.63) is 57.8 Å². The van der Waals surface area contributed by atoms with Crippen LogP contribution in [-0.2, 0) is 11.2 Å². The first-order valence-corrected chi connectivity index (χ1v) is 8.67. The Kier molecular flexibility index (Phi) is 4.36. The number of aromatic nitrogens is 1. The van der Waals surface area contributed by atoms with Crippen molar-refractivity contribution in [2.24, 2.45) is 0 Å². The summed E-state index contributed by atoms with van der Waals surface area (Å²) in [6.07, 6.45) is 0.368. The van der Waals surface area contributed by atoms with Crippen molar-refractivity contribution in [2.45, 2.75) is 20.3 Å². The van der Waals surface area contributed by atoms with Crippen LogP contribution < -0.4 is 5.32 Å². The highest BCUT2D eigenvalue weighted by atomic mass is 32.1. The summed E-state index contributed by atoms with van der Waals surface area (Å²) in [7, 11) is 0. The molecule has 0 radical (unpaired) electrons. The van der Waals surface area contributed by atoms with E-state index in [0.29, 0.717) is 11.6 Å². The average Bonchev–Trinajstić information content (AvgIpc) is 3.10. The molecule has 1 amide bonds. The lowest BCUT2D eigenvalue weighted by atomic mass is 10.1. The Morgan fingerprint density at radius 1 is 1.14 bits per heavy atom. The molecule has 0 aliphatic carbocycles. The summed E-state index contributed by atoms with van der Waals surface area (Å²) in [5.74, 6) is -0.0351. The normalized spacial score (nSPS) is 10.6. The molecule has 0 spiro atoms. The first-order chi connectivity index (χ1) is 10.6. The molecule has 0 saturated carbocycles. The molecule has 0 aliphatic heterocycles. The Hall–Kier alpha value is -1.98. The topological polar surface area (TPSA) is 42.0 Å². The lowest BCUT2D eigenvalue weighted by Gasteiger charge is -2.02. The lowest BCUT2D eigenvalue weighted by molar-refractivity contribution is -0.115. The summed E-state index contributed by atoms with van der Waals surface area (Å²) >= 11 is 3.17. The fraction of sp³-hybridized carbons (Fsp3) is 0.176. The van der Waals surface area contributed by atoms with Crippen molar-refractivity contribution < 1.29 is 4.79 Å². The van der Waals surface area contributed by atoms with E-state index in [4.69, 9.17) is 0 Å². The van der Waals surface area contributed by atoms with Crippen molar-refractivity contribution in [2.75, 3.05) is 5.32 Å². The molecule has 0 unspecified atom stereocenters. The predicted molar refractivity (Wildman–Crippen MR) is 93.7 cm³/mol. The summed E-state index contributed by atoms with van der Waals surface area (Å²) < 4.78 is 0. The Labute approximate surface area is 137 Å². The Morgan fingerprint density at radius 2 is 1.91 bits per heavy atom. The van der Waals surface area contributed by atoms with E-state index in [9.17, 15) is 4.79 Å². The highest BCUT2D eigenvalue weighted by Gasteiger charge is 2.10. The standard InChI is InChI=1S/C17H16N2OS2/c1-11-3-6-13(7-4-11)9-16(20)19-17-18-14(10-21-17)15-8-5-12(2)22-15/h3-8,10H,9H2,1-2H3,(H,18,19,20). The molecule has 22 heavy (non-hydrogen) atoms. The molecule has 2 aromatic heterocycles. The summed E-state index contributed by atoms with van der Waals surface area (Å²) in [4.78, 5) is 19.0. The molecule has 1 aromatic carbocycles. The maximum atomic E-state index is 12.1. The number of nitrogens with zero attached hydrogens (tertiary/aromatic N) is 1. The highest BCUT2D eigenvalue weighted by Crippen LogP contribution is 2.30. The maximum absolute atomic E-state index is 12.1. The van der Waals surface area contributed by atoms with Crippen LogP contribution in [0, 0.1) is 13.8 Å². The van der Waals surface area contributed by atoms with Crippen LogP contribution in [0.1, 0.15) is 16.0 Å². The second-order valence-corrected chi connectivity index (χ2v) is 7.30. The monoisotopic (exact) mass is 328 g/mol. The zero-order valence-electron chi connectivity index (χ0n) is 12.4. The van der Waals surface area contributed by atoms with Gasteiger partial charge in [-0.3, -0.25) is 4.79 Å². The average molecular weight is 328 g/mol. The van der Waals surface area contributed by atoms with Crippen LogP contribution in [0.2, 0.25) is 0 Å². The molecule has 0 bridgehead atoms. The van der Waals surface area contributed by atoms with Gasteiger partial charge in [-0.15, -0.1) is 22.7 Å². The number of thiazole rings is 1. The van der Waals surface area contributed by atoms with E-state index in [1.54, 1.807) is 11.3 Å². The maximum Gasteiger partial charge on any atom is 0.230 e. The highest BCUT2D eigenvalue weighted by molar-refractivity contribution is 7.17. The second-order valence-electron chi connectivity index (χ2n) is 5.16. The molecular formula is C17H16N2OS2. The number of aryl methyl sites for hydroxylation is 2. The summed E-state index contributed by atoms with van der Waals surface area (Å²) in [5, 5.41) is 5.51. The Morgan fingerprint density at radius 3 is 2.59 bits per heavy atom. The van der Waals surface area contributed by atoms with Crippen molar-refractivity contribution in [1.29, 1.82) is 0 Å². The minimum absolute atomic E-state index is 0.0351. The summed E-state index contributed by atoms with van der Waals surface area (Å²) in [6, 6.07) is 12.1. The largest absolute Gasteiger partial charge is 0.302 e. The molecule has 3 aromatic rings. The van der Waals surface area contributed by atoms with Gasteiger partial charge in [0.05, 0.1) is 17.0 Å². The van der Waals surface area contributed by atoms with Gasteiger partial charge in [-0.05, 0) is 31.5 Å². The van der Waals surface area contributed by atoms with Crippen LogP contribution in [-0.4, -0.2) is 10.9 Å². The van der Waals surface area contributed by atoms with Gasteiger partial charge in [0.1, 0.15) is 0 Å². The van der Waals surface area contributed by atoms with E-state index in [1.165, 1.54) is 21.8 Å². The molecule has 0 fully saturated rings. The number of carbonyl (C=O) groups excluding carboxylic acids is 1. The van der Waals surface area contributed by atoms with Crippen molar-refractivity contribution in [3.8, 4) is 10.6 Å². The Bertz CT molecular complexity index is 787. The fourth-order valence-electron chi connectivity index (χ4n) is 2.07. The number of rotatable bonds is 4.